The minimum absolute atomic E-state index is 0.0601. The van der Waals surface area contributed by atoms with Gasteiger partial charge in [-0.3, -0.25) is 14.8 Å². The minimum Gasteiger partial charge on any atom is -0.378 e. The molecule has 140 valence electrons. The summed E-state index contributed by atoms with van der Waals surface area (Å²) in [5.74, 6) is -0.746. The van der Waals surface area contributed by atoms with Gasteiger partial charge < -0.3 is 9.64 Å². The van der Waals surface area contributed by atoms with Crippen molar-refractivity contribution in [2.45, 2.75) is 12.5 Å². The van der Waals surface area contributed by atoms with E-state index in [9.17, 15) is 14.8 Å². The molecule has 27 heavy (non-hydrogen) atoms. The van der Waals surface area contributed by atoms with Crippen molar-refractivity contribution in [3.05, 3.63) is 54.6 Å². The smallest absolute Gasteiger partial charge is 0.259 e. The van der Waals surface area contributed by atoms with Gasteiger partial charge in [-0.05, 0) is 36.4 Å². The molecule has 0 aromatic heterocycles. The van der Waals surface area contributed by atoms with E-state index in [-0.39, 0.29) is 12.3 Å². The molecule has 7 nitrogen and oxygen atoms in total. The van der Waals surface area contributed by atoms with E-state index in [1.165, 1.54) is 0 Å². The van der Waals surface area contributed by atoms with Gasteiger partial charge in [0.1, 0.15) is 6.04 Å². The van der Waals surface area contributed by atoms with Gasteiger partial charge >= 0.3 is 0 Å². The van der Waals surface area contributed by atoms with Crippen molar-refractivity contribution in [3.63, 3.8) is 0 Å². The molecule has 0 unspecified atom stereocenters. The molecule has 2 fully saturated rings. The molecule has 1 N–H and O–H groups in total. The van der Waals surface area contributed by atoms with E-state index in [0.29, 0.717) is 24.6 Å². The first-order valence-electron chi connectivity index (χ1n) is 8.98. The molecule has 2 heterocycles. The molecule has 2 amide bonds. The summed E-state index contributed by atoms with van der Waals surface area (Å²) < 4.78 is 5.36. The third-order valence-corrected chi connectivity index (χ3v) is 4.92. The zero-order valence-electron chi connectivity index (χ0n) is 14.8. The van der Waals surface area contributed by atoms with Crippen molar-refractivity contribution >= 4 is 28.9 Å². The summed E-state index contributed by atoms with van der Waals surface area (Å²) in [5.41, 5.74) is 2.03. The predicted molar refractivity (Wildman–Crippen MR) is 101 cm³/mol. The molecule has 0 spiro atoms. The van der Waals surface area contributed by atoms with E-state index in [1.807, 2.05) is 18.2 Å². The van der Waals surface area contributed by atoms with Gasteiger partial charge in [-0.1, -0.05) is 18.2 Å². The lowest BCUT2D eigenvalue weighted by molar-refractivity contribution is -0.121. The van der Waals surface area contributed by atoms with E-state index >= 15 is 0 Å². The van der Waals surface area contributed by atoms with E-state index < -0.39 is 11.9 Å². The number of amides is 2. The lowest BCUT2D eigenvalue weighted by atomic mass is 10.2. The second-order valence-corrected chi connectivity index (χ2v) is 6.58. The molecular formula is C20H21N3O4. The van der Waals surface area contributed by atoms with E-state index in [0.717, 1.165) is 28.7 Å². The molecular weight excluding hydrogens is 346 g/mol. The SMILES string of the molecule is O=C1C[C@@H](N(O)c2ccccc2)C(=O)N1c1ccc(N2CCOCC2)cc1. The maximum Gasteiger partial charge on any atom is 0.259 e. The summed E-state index contributed by atoms with van der Waals surface area (Å²) >= 11 is 0. The van der Waals surface area contributed by atoms with Gasteiger partial charge in [0.2, 0.25) is 5.91 Å². The van der Waals surface area contributed by atoms with Crippen LogP contribution in [0.1, 0.15) is 6.42 Å². The summed E-state index contributed by atoms with van der Waals surface area (Å²) in [7, 11) is 0. The predicted octanol–water partition coefficient (Wildman–Crippen LogP) is 2.05. The van der Waals surface area contributed by atoms with Gasteiger partial charge in [0.25, 0.3) is 5.91 Å². The summed E-state index contributed by atoms with van der Waals surface area (Å²) in [5, 5.41) is 11.3. The third kappa shape index (κ3) is 3.39. The van der Waals surface area contributed by atoms with Crippen LogP contribution >= 0.6 is 0 Å². The van der Waals surface area contributed by atoms with Crippen molar-refractivity contribution in [1.29, 1.82) is 0 Å². The Morgan fingerprint density at radius 1 is 0.926 bits per heavy atom. The maximum atomic E-state index is 12.8. The fraction of sp³-hybridized carbons (Fsp3) is 0.300. The van der Waals surface area contributed by atoms with Crippen molar-refractivity contribution in [2.24, 2.45) is 0 Å². The van der Waals surface area contributed by atoms with Crippen molar-refractivity contribution in [3.8, 4) is 0 Å². The molecule has 0 aliphatic carbocycles. The van der Waals surface area contributed by atoms with E-state index in [2.05, 4.69) is 4.90 Å². The van der Waals surface area contributed by atoms with E-state index in [1.54, 1.807) is 36.4 Å². The molecule has 4 rings (SSSR count). The summed E-state index contributed by atoms with van der Waals surface area (Å²) in [6.45, 7) is 3.02. The lowest BCUT2D eigenvalue weighted by Gasteiger charge is -2.29. The van der Waals surface area contributed by atoms with Gasteiger partial charge in [0.05, 0.1) is 31.0 Å². The Bertz CT molecular complexity index is 819. The van der Waals surface area contributed by atoms with Crippen LogP contribution in [0.25, 0.3) is 0 Å². The van der Waals surface area contributed by atoms with Crippen LogP contribution in [0, 0.1) is 0 Å². The van der Waals surface area contributed by atoms with Crippen LogP contribution in [0.4, 0.5) is 17.1 Å². The number of hydrogen-bond donors (Lipinski definition) is 1. The van der Waals surface area contributed by atoms with Crippen LogP contribution in [0.2, 0.25) is 0 Å². The van der Waals surface area contributed by atoms with Gasteiger partial charge in [-0.15, -0.1) is 0 Å². The zero-order valence-corrected chi connectivity index (χ0v) is 14.8. The maximum absolute atomic E-state index is 12.8. The molecule has 2 aliphatic rings. The van der Waals surface area contributed by atoms with Crippen molar-refractivity contribution < 1.29 is 19.5 Å². The number of carbonyl (C=O) groups is 2. The Hall–Kier alpha value is -2.90. The number of para-hydroxylation sites is 1. The summed E-state index contributed by atoms with van der Waals surface area (Å²) in [4.78, 5) is 28.6. The number of hydrogen-bond acceptors (Lipinski definition) is 6. The number of benzene rings is 2. The van der Waals surface area contributed by atoms with Crippen LogP contribution in [-0.2, 0) is 14.3 Å². The van der Waals surface area contributed by atoms with Crippen LogP contribution in [-0.4, -0.2) is 49.4 Å². The van der Waals surface area contributed by atoms with Gasteiger partial charge in [0.15, 0.2) is 0 Å². The molecule has 0 bridgehead atoms. The normalized spacial score (nSPS) is 20.3. The number of rotatable bonds is 4. The first-order chi connectivity index (χ1) is 13.1. The second-order valence-electron chi connectivity index (χ2n) is 6.58. The second kappa shape index (κ2) is 7.38. The summed E-state index contributed by atoms with van der Waals surface area (Å²) in [6, 6.07) is 15.2. The number of imide groups is 1. The highest BCUT2D eigenvalue weighted by Gasteiger charge is 2.43. The van der Waals surface area contributed by atoms with E-state index in [4.69, 9.17) is 4.74 Å². The van der Waals surface area contributed by atoms with Crippen LogP contribution < -0.4 is 14.9 Å². The number of morpholine rings is 1. The highest BCUT2D eigenvalue weighted by atomic mass is 16.5. The average Bonchev–Trinajstić information content (AvgIpc) is 3.03. The first kappa shape index (κ1) is 17.5. The van der Waals surface area contributed by atoms with Crippen molar-refractivity contribution in [1.82, 2.24) is 0 Å². The fourth-order valence-corrected chi connectivity index (χ4v) is 3.47. The Morgan fingerprint density at radius 2 is 1.56 bits per heavy atom. The number of anilines is 3. The van der Waals surface area contributed by atoms with Crippen LogP contribution in [0.15, 0.2) is 54.6 Å². The van der Waals surface area contributed by atoms with Crippen LogP contribution in [0.5, 0.6) is 0 Å². The molecule has 0 radical (unpaired) electrons. The standard InChI is InChI=1S/C20H21N3O4/c24-19-14-18(23(26)17-4-2-1-3-5-17)20(25)22(19)16-8-6-15(7-9-16)21-10-12-27-13-11-21/h1-9,18,26H,10-14H2/t18-/m1/s1. The van der Waals surface area contributed by atoms with Crippen molar-refractivity contribution in [2.75, 3.05) is 41.2 Å². The van der Waals surface area contributed by atoms with Gasteiger partial charge in [-0.25, -0.2) is 9.96 Å². The number of ether oxygens (including phenoxy) is 1. The molecule has 0 saturated carbocycles. The Kier molecular flexibility index (Phi) is 4.79. The Morgan fingerprint density at radius 3 is 2.22 bits per heavy atom. The molecule has 2 saturated heterocycles. The van der Waals surface area contributed by atoms with Gasteiger partial charge in [0, 0.05) is 18.8 Å². The molecule has 2 aromatic rings. The topological polar surface area (TPSA) is 73.3 Å². The zero-order chi connectivity index (χ0) is 18.8. The number of hydroxylamine groups is 1. The highest BCUT2D eigenvalue weighted by molar-refractivity contribution is 6.23. The molecule has 1 atom stereocenters. The third-order valence-electron chi connectivity index (χ3n) is 4.92. The monoisotopic (exact) mass is 367 g/mol. The van der Waals surface area contributed by atoms with Gasteiger partial charge in [-0.2, -0.15) is 0 Å². The first-order valence-corrected chi connectivity index (χ1v) is 8.98. The molecule has 7 heteroatoms. The molecule has 2 aliphatic heterocycles. The highest BCUT2D eigenvalue weighted by Crippen LogP contribution is 2.29. The Balaban J connectivity index is 1.52. The lowest BCUT2D eigenvalue weighted by Crippen LogP contribution is -2.40. The largest absolute Gasteiger partial charge is 0.378 e. The average molecular weight is 367 g/mol. The quantitative estimate of drug-likeness (QED) is 0.659. The minimum atomic E-state index is -0.918. The fourth-order valence-electron chi connectivity index (χ4n) is 3.47. The molecule has 2 aromatic carbocycles. The number of nitrogens with zero attached hydrogens (tertiary/aromatic N) is 3. The summed E-state index contributed by atoms with van der Waals surface area (Å²) in [6.07, 6.45) is -0.0601. The van der Waals surface area contributed by atoms with Crippen LogP contribution in [0.3, 0.4) is 0 Å². The number of carbonyl (C=O) groups excluding carboxylic acids is 2. The Labute approximate surface area is 157 Å².